The van der Waals surface area contributed by atoms with E-state index >= 15 is 0 Å². The van der Waals surface area contributed by atoms with Gasteiger partial charge in [-0.25, -0.2) is 4.79 Å². The summed E-state index contributed by atoms with van der Waals surface area (Å²) >= 11 is 1.83. The first-order chi connectivity index (χ1) is 25.1. The summed E-state index contributed by atoms with van der Waals surface area (Å²) in [4.78, 5) is 12.8. The molecule has 0 radical (unpaired) electrons. The van der Waals surface area contributed by atoms with Crippen molar-refractivity contribution in [3.8, 4) is 11.1 Å². The summed E-state index contributed by atoms with van der Waals surface area (Å²) < 4.78 is 18.3. The molecule has 0 unspecified atom stereocenters. The Hall–Kier alpha value is -2.02. The number of carbonyl (C=O) groups is 1. The molecule has 0 saturated carbocycles. The molecule has 0 saturated heterocycles. The second-order valence-electron chi connectivity index (χ2n) is 14.8. The minimum Gasteiger partial charge on any atom is -0.449 e. The zero-order chi connectivity index (χ0) is 36.2. The summed E-state index contributed by atoms with van der Waals surface area (Å²) in [6, 6.07) is 16.9. The highest BCUT2D eigenvalue weighted by molar-refractivity contribution is 7.99. The first-order valence-electron chi connectivity index (χ1n) is 21.0. The van der Waals surface area contributed by atoms with Crippen molar-refractivity contribution in [3.05, 3.63) is 59.7 Å². The van der Waals surface area contributed by atoms with Gasteiger partial charge in [-0.1, -0.05) is 178 Å². The average molecular weight is 724 g/mol. The van der Waals surface area contributed by atoms with Crippen LogP contribution in [0.3, 0.4) is 0 Å². The predicted molar refractivity (Wildman–Crippen MR) is 219 cm³/mol. The highest BCUT2D eigenvalue weighted by atomic mass is 32.2. The van der Waals surface area contributed by atoms with Crippen LogP contribution in [0.5, 0.6) is 0 Å². The highest BCUT2D eigenvalue weighted by Crippen LogP contribution is 2.44. The lowest BCUT2D eigenvalue weighted by atomic mass is 9.98. The maximum absolute atomic E-state index is 12.8. The maximum Gasteiger partial charge on any atom is 0.407 e. The fourth-order valence-corrected chi connectivity index (χ4v) is 8.18. The molecule has 0 heterocycles. The van der Waals surface area contributed by atoms with E-state index in [1.165, 1.54) is 138 Å². The van der Waals surface area contributed by atoms with E-state index in [4.69, 9.17) is 14.2 Å². The number of carbonyl (C=O) groups excluding carboxylic acids is 1. The Balaban J connectivity index is 1.31. The van der Waals surface area contributed by atoms with Gasteiger partial charge in [-0.15, -0.1) is 0 Å². The number of rotatable bonds is 32. The number of thioether (sulfide) groups is 1. The second kappa shape index (κ2) is 28.5. The van der Waals surface area contributed by atoms with E-state index in [0.29, 0.717) is 13.2 Å². The van der Waals surface area contributed by atoms with Crippen LogP contribution in [-0.4, -0.2) is 56.2 Å². The Morgan fingerprint density at radius 1 is 0.647 bits per heavy atom. The third-order valence-electron chi connectivity index (χ3n) is 10.2. The number of benzene rings is 2. The van der Waals surface area contributed by atoms with Crippen LogP contribution in [0.1, 0.15) is 166 Å². The summed E-state index contributed by atoms with van der Waals surface area (Å²) in [6.45, 7) is 9.22. The Morgan fingerprint density at radius 2 is 1.12 bits per heavy atom. The van der Waals surface area contributed by atoms with Gasteiger partial charge in [0.25, 0.3) is 0 Å². The van der Waals surface area contributed by atoms with Crippen molar-refractivity contribution in [2.75, 3.05) is 37.9 Å². The number of amides is 1. The largest absolute Gasteiger partial charge is 0.449 e. The molecule has 2 atom stereocenters. The summed E-state index contributed by atoms with van der Waals surface area (Å²) in [5.74, 6) is 1.74. The van der Waals surface area contributed by atoms with Gasteiger partial charge in [0.05, 0.1) is 12.7 Å². The Bertz CT molecular complexity index is 1110. The molecule has 2 aromatic carbocycles. The van der Waals surface area contributed by atoms with E-state index in [1.54, 1.807) is 0 Å². The standard InChI is InChI=1S/C45H73NO4S/c1-4-6-8-10-12-14-16-18-20-26-32-48-34-39(49-33-27-21-19-17-15-13-11-9-7-5-2)37-51-36-38(3)46-45(47)50-35-44-42-30-24-22-28-40(42)41-29-23-25-31-43(41)44/h22-25,28-31,38-39,44H,4-21,26-27,32-37H2,1-3H3,(H,46,47)/t38-,39-/m1/s1. The highest BCUT2D eigenvalue weighted by Gasteiger charge is 2.29. The van der Waals surface area contributed by atoms with Crippen LogP contribution >= 0.6 is 11.8 Å². The molecule has 1 N–H and O–H groups in total. The lowest BCUT2D eigenvalue weighted by molar-refractivity contribution is -0.00622. The molecule has 0 bridgehead atoms. The SMILES string of the molecule is CCCCCCCCCCCCOC[C@H](CSC[C@@H](C)NC(=O)OCC1c2ccccc2-c2ccccc21)OCCCCCCCCCCCC. The van der Waals surface area contributed by atoms with Gasteiger partial charge >= 0.3 is 6.09 Å². The average Bonchev–Trinajstić information content (AvgIpc) is 3.46. The monoisotopic (exact) mass is 724 g/mol. The van der Waals surface area contributed by atoms with Gasteiger partial charge in [0.15, 0.2) is 0 Å². The molecule has 1 aliphatic rings. The molecule has 288 valence electrons. The lowest BCUT2D eigenvalue weighted by Crippen LogP contribution is -2.36. The van der Waals surface area contributed by atoms with Crippen molar-refractivity contribution in [1.29, 1.82) is 0 Å². The molecule has 0 spiro atoms. The third kappa shape index (κ3) is 18.5. The fraction of sp³-hybridized carbons (Fsp3) is 0.711. The van der Waals surface area contributed by atoms with Gasteiger partial charge in [-0.3, -0.25) is 0 Å². The van der Waals surface area contributed by atoms with Gasteiger partial charge < -0.3 is 19.5 Å². The number of ether oxygens (including phenoxy) is 3. The van der Waals surface area contributed by atoms with E-state index in [1.807, 2.05) is 11.8 Å². The Labute approximate surface area is 317 Å². The summed E-state index contributed by atoms with van der Waals surface area (Å²) in [6.07, 6.45) is 26.4. The lowest BCUT2D eigenvalue weighted by Gasteiger charge is -2.20. The van der Waals surface area contributed by atoms with E-state index in [9.17, 15) is 4.79 Å². The molecule has 0 aliphatic heterocycles. The van der Waals surface area contributed by atoms with Crippen molar-refractivity contribution in [2.45, 2.75) is 167 Å². The number of unbranched alkanes of at least 4 members (excludes halogenated alkanes) is 18. The Kier molecular flexibility index (Phi) is 24.2. The molecule has 3 rings (SSSR count). The molecule has 1 amide bonds. The number of hydrogen-bond acceptors (Lipinski definition) is 5. The topological polar surface area (TPSA) is 56.8 Å². The number of nitrogens with one attached hydrogen (secondary N) is 1. The quantitative estimate of drug-likeness (QED) is 0.0762. The predicted octanol–water partition coefficient (Wildman–Crippen LogP) is 12.9. The van der Waals surface area contributed by atoms with E-state index in [2.05, 4.69) is 74.6 Å². The van der Waals surface area contributed by atoms with Crippen LogP contribution in [0.25, 0.3) is 11.1 Å². The minimum atomic E-state index is -0.349. The van der Waals surface area contributed by atoms with Crippen LogP contribution in [0, 0.1) is 0 Å². The van der Waals surface area contributed by atoms with E-state index < -0.39 is 0 Å². The molecule has 0 fully saturated rings. The fourth-order valence-electron chi connectivity index (χ4n) is 7.15. The van der Waals surface area contributed by atoms with Gasteiger partial charge in [-0.05, 0) is 42.0 Å². The Morgan fingerprint density at radius 3 is 1.65 bits per heavy atom. The summed E-state index contributed by atoms with van der Waals surface area (Å²) in [7, 11) is 0. The third-order valence-corrected chi connectivity index (χ3v) is 11.5. The first-order valence-corrected chi connectivity index (χ1v) is 22.2. The number of alkyl carbamates (subject to hydrolysis) is 1. The van der Waals surface area contributed by atoms with Crippen molar-refractivity contribution in [1.82, 2.24) is 5.32 Å². The van der Waals surface area contributed by atoms with Crippen LogP contribution < -0.4 is 5.32 Å². The molecule has 6 heteroatoms. The first kappa shape index (κ1) is 43.4. The number of fused-ring (bicyclic) bond motifs is 3. The van der Waals surface area contributed by atoms with Gasteiger partial charge in [0.2, 0.25) is 0 Å². The molecule has 5 nitrogen and oxygen atoms in total. The van der Waals surface area contributed by atoms with Crippen molar-refractivity contribution < 1.29 is 19.0 Å². The maximum atomic E-state index is 12.8. The van der Waals surface area contributed by atoms with E-state index in [-0.39, 0.29) is 24.2 Å². The van der Waals surface area contributed by atoms with Crippen molar-refractivity contribution in [2.24, 2.45) is 0 Å². The number of hydrogen-bond donors (Lipinski definition) is 1. The second-order valence-corrected chi connectivity index (χ2v) is 15.9. The molecule has 51 heavy (non-hydrogen) atoms. The summed E-state index contributed by atoms with van der Waals surface area (Å²) in [5, 5.41) is 3.06. The van der Waals surface area contributed by atoms with Crippen LogP contribution in [0.2, 0.25) is 0 Å². The smallest absolute Gasteiger partial charge is 0.407 e. The summed E-state index contributed by atoms with van der Waals surface area (Å²) in [5.41, 5.74) is 4.94. The van der Waals surface area contributed by atoms with Crippen LogP contribution in [0.15, 0.2) is 48.5 Å². The molecule has 2 aromatic rings. The van der Waals surface area contributed by atoms with Crippen molar-refractivity contribution in [3.63, 3.8) is 0 Å². The normalized spacial score (nSPS) is 13.5. The zero-order valence-electron chi connectivity index (χ0n) is 32.8. The van der Waals surface area contributed by atoms with Crippen LogP contribution in [-0.2, 0) is 14.2 Å². The molecule has 1 aliphatic carbocycles. The van der Waals surface area contributed by atoms with Crippen LogP contribution in [0.4, 0.5) is 4.79 Å². The van der Waals surface area contributed by atoms with Crippen molar-refractivity contribution >= 4 is 17.9 Å². The zero-order valence-corrected chi connectivity index (χ0v) is 33.6. The van der Waals surface area contributed by atoms with Gasteiger partial charge in [-0.2, -0.15) is 11.8 Å². The van der Waals surface area contributed by atoms with Gasteiger partial charge in [0, 0.05) is 36.7 Å². The molecule has 0 aromatic heterocycles. The van der Waals surface area contributed by atoms with E-state index in [0.717, 1.165) is 37.6 Å². The molecular weight excluding hydrogens is 651 g/mol. The van der Waals surface area contributed by atoms with Gasteiger partial charge in [0.1, 0.15) is 6.61 Å². The minimum absolute atomic E-state index is 0.000774. The molecular formula is C45H73NO4S.